The van der Waals surface area contributed by atoms with Crippen LogP contribution in [-0.4, -0.2) is 0 Å². The minimum atomic E-state index is -0.433. The maximum atomic E-state index is 6.48. The first-order chi connectivity index (χ1) is 30.7. The molecule has 3 aliphatic rings. The van der Waals surface area contributed by atoms with Crippen LogP contribution in [0.5, 0.6) is 0 Å². The number of hydrogen-bond donors (Lipinski definition) is 0. The van der Waals surface area contributed by atoms with E-state index in [9.17, 15) is 0 Å². The molecule has 300 valence electrons. The zero-order chi connectivity index (χ0) is 42.2. The van der Waals surface area contributed by atoms with Crippen LogP contribution in [0.25, 0.3) is 55.3 Å². The SMILES string of the molecule is CC1(C)c2ccccc2-c2ccc(N(c3ccc(-c4ccc5c(c4)C4(c6ccccc6-5)c5ccccc5C(C)(C)c5ccccc54)cc3)c3ccc4c(c3)oc3ccccc34)cc21. The second kappa shape index (κ2) is 12.8. The van der Waals surface area contributed by atoms with Crippen molar-refractivity contribution in [1.29, 1.82) is 0 Å². The van der Waals surface area contributed by atoms with Crippen LogP contribution in [0.1, 0.15) is 72.2 Å². The van der Waals surface area contributed by atoms with Crippen molar-refractivity contribution in [2.45, 2.75) is 43.9 Å². The van der Waals surface area contributed by atoms with Crippen LogP contribution >= 0.6 is 0 Å². The van der Waals surface area contributed by atoms with Gasteiger partial charge in [0, 0.05) is 44.7 Å². The lowest BCUT2D eigenvalue weighted by Gasteiger charge is -2.46. The van der Waals surface area contributed by atoms with Crippen molar-refractivity contribution < 1.29 is 4.42 Å². The van der Waals surface area contributed by atoms with Gasteiger partial charge in [-0.25, -0.2) is 0 Å². The summed E-state index contributed by atoms with van der Waals surface area (Å²) in [6.07, 6.45) is 0. The molecule has 0 unspecified atom stereocenters. The molecule has 10 aromatic rings. The lowest BCUT2D eigenvalue weighted by molar-refractivity contribution is 0.563. The van der Waals surface area contributed by atoms with Crippen LogP contribution in [0, 0.1) is 0 Å². The van der Waals surface area contributed by atoms with E-state index in [2.05, 4.69) is 227 Å². The normalized spacial score (nSPS) is 15.4. The average Bonchev–Trinajstić information content (AvgIpc) is 3.92. The molecular weight excluding hydrogens is 763 g/mol. The fourth-order valence-electron chi connectivity index (χ4n) is 12.0. The zero-order valence-electron chi connectivity index (χ0n) is 35.9. The van der Waals surface area contributed by atoms with Crippen LogP contribution < -0.4 is 4.90 Å². The highest BCUT2D eigenvalue weighted by Crippen LogP contribution is 2.62. The third-order valence-electron chi connectivity index (χ3n) is 15.0. The number of fused-ring (bicyclic) bond motifs is 15. The van der Waals surface area contributed by atoms with Gasteiger partial charge >= 0.3 is 0 Å². The Balaban J connectivity index is 0.969. The maximum Gasteiger partial charge on any atom is 0.137 e. The van der Waals surface area contributed by atoms with E-state index in [-0.39, 0.29) is 10.8 Å². The van der Waals surface area contributed by atoms with Gasteiger partial charge in [0.05, 0.1) is 5.41 Å². The molecule has 1 heterocycles. The predicted octanol–water partition coefficient (Wildman–Crippen LogP) is 16.0. The Morgan fingerprint density at radius 3 is 1.52 bits per heavy atom. The number of furan rings is 1. The molecule has 0 saturated carbocycles. The summed E-state index contributed by atoms with van der Waals surface area (Å²) in [6, 6.07) is 74.7. The molecule has 0 fully saturated rings. The van der Waals surface area contributed by atoms with Crippen molar-refractivity contribution >= 4 is 39.0 Å². The smallest absolute Gasteiger partial charge is 0.137 e. The Bertz CT molecular complexity index is 3480. The molecule has 13 rings (SSSR count). The number of anilines is 3. The molecule has 2 heteroatoms. The Morgan fingerprint density at radius 1 is 0.317 bits per heavy atom. The molecule has 1 aromatic heterocycles. The van der Waals surface area contributed by atoms with E-state index in [1.807, 2.05) is 6.07 Å². The van der Waals surface area contributed by atoms with E-state index >= 15 is 0 Å². The summed E-state index contributed by atoms with van der Waals surface area (Å²) in [5, 5.41) is 2.26. The fourth-order valence-corrected chi connectivity index (χ4v) is 12.0. The summed E-state index contributed by atoms with van der Waals surface area (Å²) >= 11 is 0. The van der Waals surface area contributed by atoms with Crippen molar-refractivity contribution in [1.82, 2.24) is 0 Å². The van der Waals surface area contributed by atoms with Crippen molar-refractivity contribution in [2.24, 2.45) is 0 Å². The highest BCUT2D eigenvalue weighted by Gasteiger charge is 2.53. The monoisotopic (exact) mass is 807 g/mol. The summed E-state index contributed by atoms with van der Waals surface area (Å²) in [4.78, 5) is 2.39. The molecule has 0 saturated heterocycles. The first-order valence-corrected chi connectivity index (χ1v) is 22.3. The van der Waals surface area contributed by atoms with E-state index < -0.39 is 5.41 Å². The van der Waals surface area contributed by atoms with Gasteiger partial charge in [0.2, 0.25) is 0 Å². The second-order valence-electron chi connectivity index (χ2n) is 18.8. The largest absolute Gasteiger partial charge is 0.456 e. The van der Waals surface area contributed by atoms with Crippen LogP contribution in [-0.2, 0) is 16.2 Å². The van der Waals surface area contributed by atoms with Crippen LogP contribution in [0.4, 0.5) is 17.1 Å². The van der Waals surface area contributed by atoms with Gasteiger partial charge in [-0.05, 0) is 126 Å². The molecule has 1 spiro atoms. The van der Waals surface area contributed by atoms with Crippen molar-refractivity contribution in [3.63, 3.8) is 0 Å². The van der Waals surface area contributed by atoms with Gasteiger partial charge in [-0.2, -0.15) is 0 Å². The van der Waals surface area contributed by atoms with Crippen LogP contribution in [0.15, 0.2) is 205 Å². The summed E-state index contributed by atoms with van der Waals surface area (Å²) < 4.78 is 6.48. The molecule has 2 nitrogen and oxygen atoms in total. The van der Waals surface area contributed by atoms with Gasteiger partial charge in [-0.1, -0.05) is 173 Å². The van der Waals surface area contributed by atoms with Gasteiger partial charge in [0.1, 0.15) is 11.2 Å². The summed E-state index contributed by atoms with van der Waals surface area (Å²) in [7, 11) is 0. The van der Waals surface area contributed by atoms with E-state index in [1.54, 1.807) is 0 Å². The van der Waals surface area contributed by atoms with Gasteiger partial charge in [0.15, 0.2) is 0 Å². The standard InChI is InChI=1S/C61H45NO/c1-59(2)49-18-8-5-15-43(49)45-33-30-41(36-55(45)59)62(42-31-34-48-47-17-7-14-24-57(47)63-58(48)37-42)40-28-25-38(26-29-40)39-27-32-46-44-16-6-9-19-50(44)61(56(46)35-39)53-22-12-10-20-51(53)60(3,4)52-21-11-13-23-54(52)61/h5-37H,1-4H3. The molecule has 3 aliphatic carbocycles. The quantitative estimate of drug-likeness (QED) is 0.176. The number of benzene rings is 9. The molecule has 0 atom stereocenters. The first-order valence-electron chi connectivity index (χ1n) is 22.3. The lowest BCUT2D eigenvalue weighted by Crippen LogP contribution is -2.40. The van der Waals surface area contributed by atoms with Gasteiger partial charge in [0.25, 0.3) is 0 Å². The molecular formula is C61H45NO. The van der Waals surface area contributed by atoms with E-state index in [0.717, 1.165) is 39.0 Å². The Labute approximate surface area is 368 Å². The zero-order valence-corrected chi connectivity index (χ0v) is 35.9. The third-order valence-corrected chi connectivity index (χ3v) is 15.0. The minimum absolute atomic E-state index is 0.125. The van der Waals surface area contributed by atoms with Gasteiger partial charge in [-0.3, -0.25) is 0 Å². The van der Waals surface area contributed by atoms with E-state index in [1.165, 1.54) is 77.9 Å². The molecule has 0 amide bonds. The average molecular weight is 808 g/mol. The Morgan fingerprint density at radius 2 is 0.794 bits per heavy atom. The maximum absolute atomic E-state index is 6.48. The topological polar surface area (TPSA) is 16.4 Å². The Kier molecular flexibility index (Phi) is 7.37. The predicted molar refractivity (Wildman–Crippen MR) is 261 cm³/mol. The summed E-state index contributed by atoms with van der Waals surface area (Å²) in [5.74, 6) is 0. The van der Waals surface area contributed by atoms with Gasteiger partial charge in [-0.15, -0.1) is 0 Å². The molecule has 63 heavy (non-hydrogen) atoms. The minimum Gasteiger partial charge on any atom is -0.456 e. The van der Waals surface area contributed by atoms with Crippen LogP contribution in [0.2, 0.25) is 0 Å². The van der Waals surface area contributed by atoms with Crippen molar-refractivity contribution in [2.75, 3.05) is 4.90 Å². The highest BCUT2D eigenvalue weighted by atomic mass is 16.3. The summed E-state index contributed by atoms with van der Waals surface area (Å²) in [6.45, 7) is 9.48. The van der Waals surface area contributed by atoms with E-state index in [0.29, 0.717) is 0 Å². The van der Waals surface area contributed by atoms with Crippen LogP contribution in [0.3, 0.4) is 0 Å². The first kappa shape index (κ1) is 36.3. The Hall–Kier alpha value is -7.42. The molecule has 0 aliphatic heterocycles. The number of hydrogen-bond acceptors (Lipinski definition) is 2. The van der Waals surface area contributed by atoms with Crippen molar-refractivity contribution in [3.8, 4) is 33.4 Å². The molecule has 0 bridgehead atoms. The third kappa shape index (κ3) is 4.84. The molecule has 9 aromatic carbocycles. The van der Waals surface area contributed by atoms with E-state index in [4.69, 9.17) is 4.42 Å². The fraction of sp³-hybridized carbons (Fsp3) is 0.115. The molecule has 0 N–H and O–H groups in total. The lowest BCUT2D eigenvalue weighted by atomic mass is 9.55. The second-order valence-corrected chi connectivity index (χ2v) is 18.8. The number of para-hydroxylation sites is 1. The number of nitrogens with zero attached hydrogens (tertiary/aromatic N) is 1. The summed E-state index contributed by atoms with van der Waals surface area (Å²) in [5.41, 5.74) is 23.0. The van der Waals surface area contributed by atoms with Crippen molar-refractivity contribution in [3.05, 3.63) is 245 Å². The van der Waals surface area contributed by atoms with Gasteiger partial charge < -0.3 is 9.32 Å². The molecule has 0 radical (unpaired) electrons. The number of rotatable bonds is 4. The highest BCUT2D eigenvalue weighted by molar-refractivity contribution is 6.06.